The molecule has 1 aliphatic heterocycles. The second-order valence-electron chi connectivity index (χ2n) is 8.29. The fourth-order valence-electron chi connectivity index (χ4n) is 4.40. The van der Waals surface area contributed by atoms with E-state index in [0.29, 0.717) is 11.4 Å². The number of carbonyl (C=O) groups excluding carboxylic acids is 2. The molecule has 0 saturated carbocycles. The number of fused-ring (bicyclic) bond motifs is 1. The van der Waals surface area contributed by atoms with Gasteiger partial charge in [-0.05, 0) is 43.7 Å². The van der Waals surface area contributed by atoms with Gasteiger partial charge < -0.3 is 10.6 Å². The zero-order valence-electron chi connectivity index (χ0n) is 18.4. The van der Waals surface area contributed by atoms with Crippen LogP contribution in [-0.2, 0) is 4.79 Å². The minimum atomic E-state index is -0.776. The van der Waals surface area contributed by atoms with Crippen LogP contribution in [-0.4, -0.2) is 27.6 Å². The van der Waals surface area contributed by atoms with Gasteiger partial charge in [-0.15, -0.1) is 0 Å². The van der Waals surface area contributed by atoms with Crippen LogP contribution in [0.15, 0.2) is 84.9 Å². The number of nitrogens with one attached hydrogen (secondary N) is 2. The lowest BCUT2D eigenvalue weighted by Gasteiger charge is -2.32. The normalized spacial score (nSPS) is 17.2. The molecule has 2 heterocycles. The Morgan fingerprint density at radius 3 is 2.21 bits per heavy atom. The van der Waals surface area contributed by atoms with E-state index in [1.807, 2.05) is 74.5 Å². The van der Waals surface area contributed by atoms with Crippen LogP contribution in [0.5, 0.6) is 0 Å². The van der Waals surface area contributed by atoms with E-state index in [2.05, 4.69) is 10.6 Å². The Hall–Kier alpha value is -4.19. The highest BCUT2D eigenvalue weighted by Crippen LogP contribution is 2.40. The predicted octanol–water partition coefficient (Wildman–Crippen LogP) is 4.37. The molecule has 2 N–H and O–H groups in total. The third kappa shape index (κ3) is 3.80. The molecule has 0 radical (unpaired) electrons. The van der Waals surface area contributed by atoms with Gasteiger partial charge in [-0.25, -0.2) is 4.68 Å². The van der Waals surface area contributed by atoms with Gasteiger partial charge in [-0.3, -0.25) is 9.59 Å². The highest BCUT2D eigenvalue weighted by Gasteiger charge is 2.41. The average Bonchev–Trinajstić information content (AvgIpc) is 3.16. The third-order valence-corrected chi connectivity index (χ3v) is 6.03. The summed E-state index contributed by atoms with van der Waals surface area (Å²) in [7, 11) is 0. The van der Waals surface area contributed by atoms with E-state index in [0.717, 1.165) is 28.1 Å². The smallest absolute Gasteiger partial charge is 0.251 e. The molecular weight excluding hydrogens is 412 g/mol. The molecule has 0 fully saturated rings. The monoisotopic (exact) mass is 436 g/mol. The maximum atomic E-state index is 13.4. The molecule has 1 aromatic heterocycles. The van der Waals surface area contributed by atoms with E-state index in [-0.39, 0.29) is 17.7 Å². The first-order valence-electron chi connectivity index (χ1n) is 10.9. The lowest BCUT2D eigenvalue weighted by molar-refractivity contribution is -0.118. The van der Waals surface area contributed by atoms with Crippen molar-refractivity contribution >= 4 is 17.6 Å². The standard InChI is InChI=1S/C27H24N4O2/c1-17-13-15-21(16-14-17)31-25-22(18(2)30-31)23(19-9-5-3-6-10-19)24(27(33)29-25)28-26(32)20-11-7-4-8-12-20/h3-16,23-24H,1-2H3,(H,28,32)(H,29,33)/t23-,24-/m1/s1. The second-order valence-corrected chi connectivity index (χ2v) is 8.29. The van der Waals surface area contributed by atoms with E-state index >= 15 is 0 Å². The Labute approximate surface area is 192 Å². The molecule has 0 bridgehead atoms. The van der Waals surface area contributed by atoms with Crippen LogP contribution in [0.1, 0.15) is 38.7 Å². The highest BCUT2D eigenvalue weighted by molar-refractivity contribution is 6.04. The quantitative estimate of drug-likeness (QED) is 0.499. The van der Waals surface area contributed by atoms with Crippen molar-refractivity contribution in [2.75, 3.05) is 5.32 Å². The van der Waals surface area contributed by atoms with Gasteiger partial charge in [0.25, 0.3) is 5.91 Å². The van der Waals surface area contributed by atoms with Crippen LogP contribution in [0, 0.1) is 13.8 Å². The molecule has 33 heavy (non-hydrogen) atoms. The molecule has 2 atom stereocenters. The first kappa shape index (κ1) is 20.7. The zero-order chi connectivity index (χ0) is 22.9. The first-order valence-corrected chi connectivity index (χ1v) is 10.9. The van der Waals surface area contributed by atoms with Crippen molar-refractivity contribution in [2.24, 2.45) is 0 Å². The van der Waals surface area contributed by atoms with Crippen molar-refractivity contribution in [3.05, 3.63) is 113 Å². The molecule has 5 rings (SSSR count). The molecule has 1 aliphatic rings. The summed E-state index contributed by atoms with van der Waals surface area (Å²) in [5, 5.41) is 10.7. The molecule has 164 valence electrons. The van der Waals surface area contributed by atoms with Crippen LogP contribution in [0.4, 0.5) is 5.82 Å². The number of hydrogen-bond acceptors (Lipinski definition) is 3. The molecule has 2 amide bonds. The molecule has 0 aliphatic carbocycles. The summed E-state index contributed by atoms with van der Waals surface area (Å²) in [6, 6.07) is 25.9. The van der Waals surface area contributed by atoms with E-state index in [9.17, 15) is 9.59 Å². The van der Waals surface area contributed by atoms with Gasteiger partial charge in [0.1, 0.15) is 11.9 Å². The molecular formula is C27H24N4O2. The van der Waals surface area contributed by atoms with Gasteiger partial charge in [0.2, 0.25) is 5.91 Å². The van der Waals surface area contributed by atoms with E-state index < -0.39 is 6.04 Å². The SMILES string of the molecule is Cc1ccc(-n2nc(C)c3c2NC(=O)[C@H](NC(=O)c2ccccc2)[C@@H]3c2ccccc2)cc1. The number of rotatable bonds is 4. The third-order valence-electron chi connectivity index (χ3n) is 6.03. The van der Waals surface area contributed by atoms with E-state index in [4.69, 9.17) is 5.10 Å². The summed E-state index contributed by atoms with van der Waals surface area (Å²) in [5.41, 5.74) is 5.17. The summed E-state index contributed by atoms with van der Waals surface area (Å²) >= 11 is 0. The predicted molar refractivity (Wildman–Crippen MR) is 128 cm³/mol. The fourth-order valence-corrected chi connectivity index (χ4v) is 4.40. The summed E-state index contributed by atoms with van der Waals surface area (Å²) in [6.07, 6.45) is 0. The molecule has 0 unspecified atom stereocenters. The lowest BCUT2D eigenvalue weighted by atomic mass is 9.82. The number of aromatic nitrogens is 2. The average molecular weight is 437 g/mol. The maximum Gasteiger partial charge on any atom is 0.251 e. The largest absolute Gasteiger partial charge is 0.339 e. The summed E-state index contributed by atoms with van der Waals surface area (Å²) < 4.78 is 1.77. The van der Waals surface area contributed by atoms with E-state index in [1.54, 1.807) is 28.9 Å². The fraction of sp³-hybridized carbons (Fsp3) is 0.148. The Morgan fingerprint density at radius 1 is 0.909 bits per heavy atom. The summed E-state index contributed by atoms with van der Waals surface area (Å²) in [5.74, 6) is -0.292. The maximum absolute atomic E-state index is 13.4. The summed E-state index contributed by atoms with van der Waals surface area (Å²) in [6.45, 7) is 3.97. The number of anilines is 1. The lowest BCUT2D eigenvalue weighted by Crippen LogP contribution is -2.50. The van der Waals surface area contributed by atoms with Gasteiger partial charge in [0.15, 0.2) is 0 Å². The molecule has 6 nitrogen and oxygen atoms in total. The van der Waals surface area contributed by atoms with Crippen LogP contribution in [0.2, 0.25) is 0 Å². The first-order chi connectivity index (χ1) is 16.0. The van der Waals surface area contributed by atoms with Crippen molar-refractivity contribution < 1.29 is 9.59 Å². The molecule has 3 aromatic carbocycles. The van der Waals surface area contributed by atoms with Gasteiger partial charge in [0.05, 0.1) is 11.4 Å². The number of amides is 2. The number of benzene rings is 3. The van der Waals surface area contributed by atoms with Crippen molar-refractivity contribution in [3.63, 3.8) is 0 Å². The minimum Gasteiger partial charge on any atom is -0.339 e. The van der Waals surface area contributed by atoms with Crippen LogP contribution < -0.4 is 10.6 Å². The number of hydrogen-bond donors (Lipinski definition) is 2. The van der Waals surface area contributed by atoms with E-state index in [1.165, 1.54) is 0 Å². The van der Waals surface area contributed by atoms with Crippen LogP contribution >= 0.6 is 0 Å². The molecule has 6 heteroatoms. The minimum absolute atomic E-state index is 0.270. The Morgan fingerprint density at radius 2 is 1.55 bits per heavy atom. The Balaban J connectivity index is 1.62. The van der Waals surface area contributed by atoms with Crippen molar-refractivity contribution in [1.29, 1.82) is 0 Å². The highest BCUT2D eigenvalue weighted by atomic mass is 16.2. The Bertz CT molecular complexity index is 1310. The Kier molecular flexibility index (Phi) is 5.26. The zero-order valence-corrected chi connectivity index (χ0v) is 18.4. The summed E-state index contributed by atoms with van der Waals surface area (Å²) in [4.78, 5) is 26.4. The molecule has 0 spiro atoms. The molecule has 0 saturated heterocycles. The van der Waals surface area contributed by atoms with Crippen LogP contribution in [0.3, 0.4) is 0 Å². The van der Waals surface area contributed by atoms with Gasteiger partial charge >= 0.3 is 0 Å². The number of aryl methyl sites for hydroxylation is 2. The molecule has 4 aromatic rings. The topological polar surface area (TPSA) is 76.0 Å². The van der Waals surface area contributed by atoms with Crippen molar-refractivity contribution in [2.45, 2.75) is 25.8 Å². The van der Waals surface area contributed by atoms with Gasteiger partial charge in [0, 0.05) is 17.0 Å². The van der Waals surface area contributed by atoms with Crippen molar-refractivity contribution in [1.82, 2.24) is 15.1 Å². The van der Waals surface area contributed by atoms with Crippen LogP contribution in [0.25, 0.3) is 5.69 Å². The van der Waals surface area contributed by atoms with Crippen molar-refractivity contribution in [3.8, 4) is 5.69 Å². The van der Waals surface area contributed by atoms with Gasteiger partial charge in [-0.1, -0.05) is 66.2 Å². The number of nitrogens with zero attached hydrogens (tertiary/aromatic N) is 2. The second kappa shape index (κ2) is 8.39. The number of carbonyl (C=O) groups is 2. The van der Waals surface area contributed by atoms with Gasteiger partial charge in [-0.2, -0.15) is 5.10 Å².